The fourth-order valence-electron chi connectivity index (χ4n) is 23.8. The van der Waals surface area contributed by atoms with Crippen LogP contribution in [0.4, 0.5) is 136 Å². The highest BCUT2D eigenvalue weighted by Gasteiger charge is 2.46. The molecular formula is C112H132N16. The Morgan fingerprint density at radius 3 is 0.711 bits per heavy atom. The average Bonchev–Trinajstić information content (AvgIpc) is 1.57. The first kappa shape index (κ1) is 84.9. The van der Waals surface area contributed by atoms with Gasteiger partial charge in [-0.3, -0.25) is 0 Å². The molecule has 2 saturated carbocycles. The summed E-state index contributed by atoms with van der Waals surface area (Å²) in [4.78, 5) is 39.8. The molecule has 12 aromatic rings. The molecule has 8 atom stereocenters. The Kier molecular flexibility index (Phi) is 22.3. The summed E-state index contributed by atoms with van der Waals surface area (Å²) in [6, 6.07) is 90.3. The molecular weight excluding hydrogens is 1570 g/mol. The third kappa shape index (κ3) is 13.6. The van der Waals surface area contributed by atoms with Gasteiger partial charge in [-0.1, -0.05) is 141 Å². The summed E-state index contributed by atoms with van der Waals surface area (Å²) in [5.41, 5.74) is 42.0. The monoisotopic (exact) mass is 1700 g/mol. The van der Waals surface area contributed by atoms with E-state index in [2.05, 4.69) is 474 Å². The van der Waals surface area contributed by atoms with Crippen molar-refractivity contribution in [2.24, 2.45) is 0 Å². The molecule has 0 unspecified atom stereocenters. The Bertz CT molecular complexity index is 5920. The van der Waals surface area contributed by atoms with E-state index < -0.39 is 0 Å². The number of rotatable bonds is 10. The van der Waals surface area contributed by atoms with Crippen LogP contribution in [0.15, 0.2) is 243 Å². The Hall–Kier alpha value is -12.6. The van der Waals surface area contributed by atoms with Gasteiger partial charge < -0.3 is 78.4 Å². The molecule has 0 saturated heterocycles. The van der Waals surface area contributed by atoms with Gasteiger partial charge in [0.2, 0.25) is 0 Å². The molecule has 0 aromatic heterocycles. The predicted molar refractivity (Wildman–Crippen MR) is 548 cm³/mol. The van der Waals surface area contributed by atoms with E-state index in [0.29, 0.717) is 24.4 Å². The molecule has 16 nitrogen and oxygen atoms in total. The van der Waals surface area contributed by atoms with Gasteiger partial charge >= 0.3 is 0 Å². The molecule has 0 bridgehead atoms. The fourth-order valence-corrected chi connectivity index (χ4v) is 23.8. The number of para-hydroxylation sites is 16. The molecule has 8 heterocycles. The molecule has 12 aromatic carbocycles. The van der Waals surface area contributed by atoms with Crippen LogP contribution in [0.25, 0.3) is 0 Å². The summed E-state index contributed by atoms with van der Waals surface area (Å²) in [5.74, 6) is 0. The van der Waals surface area contributed by atoms with Crippen LogP contribution < -0.4 is 78.4 Å². The number of aryl methyl sites for hydroxylation is 4. The first-order chi connectivity index (χ1) is 61.8. The number of nitrogens with zero attached hydrogens (tertiary/aromatic N) is 16. The third-order valence-electron chi connectivity index (χ3n) is 30.8. The second-order valence-corrected chi connectivity index (χ2v) is 37.8. The molecule has 128 heavy (non-hydrogen) atoms. The molecule has 0 radical (unpaired) electrons. The van der Waals surface area contributed by atoms with Gasteiger partial charge in [-0.05, 0) is 308 Å². The van der Waals surface area contributed by atoms with Gasteiger partial charge in [-0.2, -0.15) is 0 Å². The van der Waals surface area contributed by atoms with Crippen molar-refractivity contribution in [2.45, 2.75) is 224 Å². The molecule has 10 aliphatic rings. The van der Waals surface area contributed by atoms with Gasteiger partial charge in [0.15, 0.2) is 0 Å². The van der Waals surface area contributed by atoms with E-state index in [0.717, 1.165) is 0 Å². The highest BCUT2D eigenvalue weighted by molar-refractivity contribution is 5.97. The number of hydrogen-bond donors (Lipinski definition) is 0. The molecule has 660 valence electrons. The zero-order valence-corrected chi connectivity index (χ0v) is 79.7. The maximum absolute atomic E-state index is 2.71. The highest BCUT2D eigenvalue weighted by Crippen LogP contribution is 2.58. The number of benzene rings is 12. The van der Waals surface area contributed by atoms with Crippen molar-refractivity contribution in [3.63, 3.8) is 0 Å². The molecule has 2 aliphatic carbocycles. The fraction of sp³-hybridized carbons (Fsp3) is 0.357. The lowest BCUT2D eigenvalue weighted by Crippen LogP contribution is -2.44. The van der Waals surface area contributed by atoms with Crippen molar-refractivity contribution >= 4 is 136 Å². The summed E-state index contributed by atoms with van der Waals surface area (Å²) in [6.45, 7) is 36.6. The van der Waals surface area contributed by atoms with Crippen LogP contribution in [0.2, 0.25) is 0 Å². The van der Waals surface area contributed by atoms with Gasteiger partial charge in [-0.25, -0.2) is 0 Å². The topological polar surface area (TPSA) is 51.8 Å². The minimum Gasteiger partial charge on any atom is -0.353 e. The van der Waals surface area contributed by atoms with Gasteiger partial charge in [0.05, 0.1) is 108 Å². The van der Waals surface area contributed by atoms with E-state index in [1.54, 1.807) is 0 Å². The molecule has 0 spiro atoms. The summed E-state index contributed by atoms with van der Waals surface area (Å²) < 4.78 is 0. The standard InChI is InChI=1S/C33H40N4.C27H32N4.2C26H30N4/c1-23-28(36-24(2)34(26-13-4-5-14-26)30-17-8-10-19-32(30)36)21-12-22-29(23)37-25(3)35(27-15-6-7-16-27)31-18-9-11-20-33(31)37;1-17-16-18(2)27(31-21(5)29(7)23-13-9-11-15-25(23)31)19(3)26(17)30-20(4)28(6)22-12-8-10-14-24(22)30;1-17-15-25(29-19(3)27(5)21-11-7-9-13-23(21)29)18(2)26(16-17)30-20(4)28(6)22-12-8-10-14-24(22)30;1-17-15-16-21(29-19(3)27(5)22-11-7-9-13-24(22)29)18(2)26(17)30-20(4)28(6)23-12-8-10-14-25(23)30/h8-12,17-22,24-27H,4-7,13-16H2,1-3H3;8-16,20-21H,1-7H3;2*7-16,19-20H,1-6H3/t24-,25+;20-,21+;2*19-,20+/m...0/s1. The minimum absolute atomic E-state index is 0.260. The van der Waals surface area contributed by atoms with Crippen molar-refractivity contribution < 1.29 is 0 Å². The van der Waals surface area contributed by atoms with Crippen LogP contribution in [-0.4, -0.2) is 104 Å². The van der Waals surface area contributed by atoms with Gasteiger partial charge in [-0.15, -0.1) is 0 Å². The SMILES string of the molecule is Cc1c(N2c3ccccc3N(C3CCCC3)[C@@H]2C)cccc1N1c2ccccc2N(C2CCCC2)[C@H]1C.Cc1cc(C)c(N2c3ccccc3N(C)[C@@H]2C)c(C)c1N1c2ccccc2N(C)[C@H]1C.Cc1cc(N2c3ccccc3N(C)[C@H]2C)c(C)c(N2c3ccccc3N(C)[C@@H]2C)c1.Cc1ccc(N2c3ccccc3N(C)[C@@H]2C)c(C)c1N1c2ccccc2N(C)[C@H]1C. The molecule has 22 rings (SSSR count). The lowest BCUT2D eigenvalue weighted by atomic mass is 9.98. The number of hydrogen-bond acceptors (Lipinski definition) is 16. The van der Waals surface area contributed by atoms with E-state index in [1.165, 1.54) is 232 Å². The highest BCUT2D eigenvalue weighted by atomic mass is 15.5. The van der Waals surface area contributed by atoms with Crippen LogP contribution in [0, 0.1) is 55.4 Å². The van der Waals surface area contributed by atoms with Crippen LogP contribution in [-0.2, 0) is 0 Å². The van der Waals surface area contributed by atoms with Crippen molar-refractivity contribution in [3.8, 4) is 0 Å². The van der Waals surface area contributed by atoms with E-state index in [9.17, 15) is 0 Å². The van der Waals surface area contributed by atoms with Crippen LogP contribution in [0.5, 0.6) is 0 Å². The molecule has 8 aliphatic heterocycles. The molecule has 2 fully saturated rings. The van der Waals surface area contributed by atoms with Gasteiger partial charge in [0.25, 0.3) is 0 Å². The second-order valence-electron chi connectivity index (χ2n) is 37.8. The van der Waals surface area contributed by atoms with Crippen molar-refractivity contribution in [3.05, 3.63) is 287 Å². The summed E-state index contributed by atoms with van der Waals surface area (Å²) in [7, 11) is 13.1. The third-order valence-corrected chi connectivity index (χ3v) is 30.8. The van der Waals surface area contributed by atoms with E-state index in [4.69, 9.17) is 0 Å². The smallest absolute Gasteiger partial charge is 0.104 e. The van der Waals surface area contributed by atoms with Crippen molar-refractivity contribution in [2.75, 3.05) is 121 Å². The molecule has 0 N–H and O–H groups in total. The first-order valence-electron chi connectivity index (χ1n) is 47.2. The lowest BCUT2D eigenvalue weighted by molar-refractivity contribution is 0.552. The van der Waals surface area contributed by atoms with Crippen LogP contribution in [0.3, 0.4) is 0 Å². The van der Waals surface area contributed by atoms with E-state index >= 15 is 0 Å². The van der Waals surface area contributed by atoms with E-state index in [1.807, 2.05) is 0 Å². The quantitative estimate of drug-likeness (QED) is 0.130. The maximum Gasteiger partial charge on any atom is 0.104 e. The Morgan fingerprint density at radius 2 is 0.406 bits per heavy atom. The maximum atomic E-state index is 2.71. The van der Waals surface area contributed by atoms with Gasteiger partial charge in [0.1, 0.15) is 49.3 Å². The predicted octanol–water partition coefficient (Wildman–Crippen LogP) is 27.3. The van der Waals surface area contributed by atoms with Crippen molar-refractivity contribution in [1.82, 2.24) is 0 Å². The largest absolute Gasteiger partial charge is 0.353 e. The summed E-state index contributed by atoms with van der Waals surface area (Å²) >= 11 is 0. The summed E-state index contributed by atoms with van der Waals surface area (Å²) in [6.07, 6.45) is 12.9. The normalized spacial score (nSPS) is 21.1. The number of anilines is 24. The Labute approximate surface area is 763 Å². The Morgan fingerprint density at radius 1 is 0.188 bits per heavy atom. The summed E-state index contributed by atoms with van der Waals surface area (Å²) in [5, 5.41) is 0. The Balaban J connectivity index is 0.000000111. The van der Waals surface area contributed by atoms with Gasteiger partial charge in [0, 0.05) is 82.8 Å². The minimum atomic E-state index is 0.260. The second kappa shape index (κ2) is 33.6. The zero-order chi connectivity index (χ0) is 89.4. The zero-order valence-electron chi connectivity index (χ0n) is 79.7. The molecule has 0 amide bonds. The first-order valence-corrected chi connectivity index (χ1v) is 47.2. The van der Waals surface area contributed by atoms with Crippen molar-refractivity contribution in [1.29, 1.82) is 0 Å². The number of fused-ring (bicyclic) bond motifs is 8. The molecule has 16 heteroatoms. The van der Waals surface area contributed by atoms with E-state index in [-0.39, 0.29) is 37.0 Å². The van der Waals surface area contributed by atoms with Crippen LogP contribution >= 0.6 is 0 Å². The van der Waals surface area contributed by atoms with Crippen LogP contribution in [0.1, 0.15) is 151 Å². The average molecular weight is 1700 g/mol. The lowest BCUT2D eigenvalue weighted by Gasteiger charge is -2.37.